The number of hydrogen-bond acceptors (Lipinski definition) is 3. The number of amides is 1. The van der Waals surface area contributed by atoms with E-state index >= 15 is 0 Å². The fourth-order valence-corrected chi connectivity index (χ4v) is 4.42. The van der Waals surface area contributed by atoms with Crippen LogP contribution in [0.1, 0.15) is 31.2 Å². The van der Waals surface area contributed by atoms with E-state index in [0.717, 1.165) is 36.9 Å². The van der Waals surface area contributed by atoms with Crippen LogP contribution in [-0.4, -0.2) is 43.3 Å². The van der Waals surface area contributed by atoms with E-state index < -0.39 is 0 Å². The lowest BCUT2D eigenvalue weighted by molar-refractivity contribution is 0.0934. The van der Waals surface area contributed by atoms with Crippen molar-refractivity contribution in [2.24, 2.45) is 0 Å². The van der Waals surface area contributed by atoms with Crippen LogP contribution in [0.4, 0.5) is 10.5 Å². The molecule has 1 aromatic rings. The van der Waals surface area contributed by atoms with Gasteiger partial charge in [0.1, 0.15) is 0 Å². The zero-order valence-electron chi connectivity index (χ0n) is 13.5. The van der Waals surface area contributed by atoms with Gasteiger partial charge >= 0.3 is 6.09 Å². The van der Waals surface area contributed by atoms with E-state index in [0.29, 0.717) is 18.6 Å². The summed E-state index contributed by atoms with van der Waals surface area (Å²) in [5.41, 5.74) is 2.62. The highest BCUT2D eigenvalue weighted by Crippen LogP contribution is 2.48. The fraction of sp³-hybridized carbons (Fsp3) is 0.500. The molecule has 0 bridgehead atoms. The van der Waals surface area contributed by atoms with Crippen molar-refractivity contribution in [3.05, 3.63) is 40.9 Å². The molecule has 1 amide bonds. The SMILES string of the molecule is C=CCCN1c2c(Br)cccc2[C@@H]2CN(C(=O)OCC)CC[C@@H]21. The third-order valence-corrected chi connectivity index (χ3v) is 5.42. The molecule has 1 aromatic carbocycles. The van der Waals surface area contributed by atoms with Crippen LogP contribution in [0.5, 0.6) is 0 Å². The summed E-state index contributed by atoms with van der Waals surface area (Å²) in [6.07, 6.45) is 3.72. The van der Waals surface area contributed by atoms with Crippen molar-refractivity contribution < 1.29 is 9.53 Å². The molecule has 5 heteroatoms. The Labute approximate surface area is 146 Å². The Balaban J connectivity index is 1.88. The predicted octanol–water partition coefficient (Wildman–Crippen LogP) is 4.16. The van der Waals surface area contributed by atoms with Gasteiger partial charge in [0.05, 0.1) is 12.3 Å². The molecule has 1 fully saturated rings. The zero-order chi connectivity index (χ0) is 16.4. The summed E-state index contributed by atoms with van der Waals surface area (Å²) < 4.78 is 6.32. The van der Waals surface area contributed by atoms with Crippen LogP contribution in [0.3, 0.4) is 0 Å². The lowest BCUT2D eigenvalue weighted by Gasteiger charge is -2.38. The maximum atomic E-state index is 12.1. The van der Waals surface area contributed by atoms with Gasteiger partial charge in [0.15, 0.2) is 0 Å². The smallest absolute Gasteiger partial charge is 0.409 e. The van der Waals surface area contributed by atoms with Gasteiger partial charge in [-0.3, -0.25) is 0 Å². The molecule has 0 aliphatic carbocycles. The molecule has 0 N–H and O–H groups in total. The first-order chi connectivity index (χ1) is 11.2. The molecule has 2 aliphatic heterocycles. The van der Waals surface area contributed by atoms with Gasteiger partial charge in [-0.05, 0) is 47.3 Å². The highest BCUT2D eigenvalue weighted by Gasteiger charge is 2.43. The number of rotatable bonds is 4. The van der Waals surface area contributed by atoms with Gasteiger partial charge in [-0.25, -0.2) is 4.79 Å². The molecule has 0 saturated carbocycles. The first-order valence-electron chi connectivity index (χ1n) is 8.25. The number of ether oxygens (including phenoxy) is 1. The molecule has 0 unspecified atom stereocenters. The van der Waals surface area contributed by atoms with Gasteiger partial charge in [0.2, 0.25) is 0 Å². The Morgan fingerprint density at radius 1 is 1.52 bits per heavy atom. The van der Waals surface area contributed by atoms with Crippen molar-refractivity contribution in [2.45, 2.75) is 31.7 Å². The Kier molecular flexibility index (Phi) is 4.95. The van der Waals surface area contributed by atoms with Crippen molar-refractivity contribution in [2.75, 3.05) is 31.1 Å². The summed E-state index contributed by atoms with van der Waals surface area (Å²) in [7, 11) is 0. The lowest BCUT2D eigenvalue weighted by atomic mass is 9.89. The number of likely N-dealkylation sites (tertiary alicyclic amines) is 1. The standard InChI is InChI=1S/C18H23BrN2O2/c1-3-5-10-21-16-9-11-20(18(22)23-4-2)12-14(16)13-7-6-8-15(19)17(13)21/h3,6-8,14,16H,1,4-5,9-12H2,2H3/t14-,16-/m0/s1. The topological polar surface area (TPSA) is 32.8 Å². The van der Waals surface area contributed by atoms with E-state index in [1.165, 1.54) is 11.3 Å². The molecule has 0 aromatic heterocycles. The summed E-state index contributed by atoms with van der Waals surface area (Å²) in [5.74, 6) is 0.352. The Hall–Kier alpha value is -1.49. The normalized spacial score (nSPS) is 22.5. The van der Waals surface area contributed by atoms with Crippen LogP contribution >= 0.6 is 15.9 Å². The minimum atomic E-state index is -0.188. The molecular weight excluding hydrogens is 356 g/mol. The molecular formula is C18H23BrN2O2. The van der Waals surface area contributed by atoms with E-state index in [1.807, 2.05) is 17.9 Å². The number of piperidine rings is 1. The second kappa shape index (κ2) is 6.95. The van der Waals surface area contributed by atoms with Crippen molar-refractivity contribution in [3.8, 4) is 0 Å². The average Bonchev–Trinajstić information content (AvgIpc) is 2.88. The van der Waals surface area contributed by atoms with E-state index in [1.54, 1.807) is 0 Å². The van der Waals surface area contributed by atoms with Crippen molar-refractivity contribution in [3.63, 3.8) is 0 Å². The molecule has 124 valence electrons. The molecule has 23 heavy (non-hydrogen) atoms. The maximum Gasteiger partial charge on any atom is 0.409 e. The van der Waals surface area contributed by atoms with Gasteiger partial charge in [-0.2, -0.15) is 0 Å². The van der Waals surface area contributed by atoms with Crippen LogP contribution in [0.15, 0.2) is 35.3 Å². The number of fused-ring (bicyclic) bond motifs is 3. The first-order valence-corrected chi connectivity index (χ1v) is 9.04. The van der Waals surface area contributed by atoms with Crippen LogP contribution < -0.4 is 4.90 Å². The third-order valence-electron chi connectivity index (χ3n) is 4.78. The van der Waals surface area contributed by atoms with Gasteiger partial charge in [0.25, 0.3) is 0 Å². The fourth-order valence-electron chi connectivity index (χ4n) is 3.81. The third kappa shape index (κ3) is 2.99. The van der Waals surface area contributed by atoms with E-state index in [-0.39, 0.29) is 6.09 Å². The van der Waals surface area contributed by atoms with Crippen LogP contribution in [0, 0.1) is 0 Å². The number of carbonyl (C=O) groups is 1. The summed E-state index contributed by atoms with van der Waals surface area (Å²) in [5, 5.41) is 0. The van der Waals surface area contributed by atoms with Crippen molar-refractivity contribution in [1.29, 1.82) is 0 Å². The van der Waals surface area contributed by atoms with E-state index in [4.69, 9.17) is 4.74 Å². The number of hydrogen-bond donors (Lipinski definition) is 0. The number of carbonyl (C=O) groups excluding carboxylic acids is 1. The van der Waals surface area contributed by atoms with Gasteiger partial charge < -0.3 is 14.5 Å². The van der Waals surface area contributed by atoms with Gasteiger partial charge in [0, 0.05) is 36.1 Å². The number of para-hydroxylation sites is 1. The van der Waals surface area contributed by atoms with Crippen molar-refractivity contribution >= 4 is 27.7 Å². The Bertz CT molecular complexity index is 605. The maximum absolute atomic E-state index is 12.1. The molecule has 1 saturated heterocycles. The highest BCUT2D eigenvalue weighted by atomic mass is 79.9. The first kappa shape index (κ1) is 16.4. The van der Waals surface area contributed by atoms with Gasteiger partial charge in [-0.1, -0.05) is 18.2 Å². The Morgan fingerprint density at radius 3 is 3.09 bits per heavy atom. The van der Waals surface area contributed by atoms with Crippen LogP contribution in [-0.2, 0) is 4.74 Å². The largest absolute Gasteiger partial charge is 0.450 e. The van der Waals surface area contributed by atoms with Crippen LogP contribution in [0.25, 0.3) is 0 Å². The molecule has 2 heterocycles. The number of anilines is 1. The van der Waals surface area contributed by atoms with Crippen molar-refractivity contribution in [1.82, 2.24) is 4.90 Å². The van der Waals surface area contributed by atoms with E-state index in [9.17, 15) is 4.79 Å². The predicted molar refractivity (Wildman–Crippen MR) is 96.0 cm³/mol. The monoisotopic (exact) mass is 378 g/mol. The number of nitrogens with zero attached hydrogens (tertiary/aromatic N) is 2. The number of halogens is 1. The molecule has 0 spiro atoms. The average molecular weight is 379 g/mol. The number of benzene rings is 1. The van der Waals surface area contributed by atoms with Crippen LogP contribution in [0.2, 0.25) is 0 Å². The molecule has 4 nitrogen and oxygen atoms in total. The second-order valence-electron chi connectivity index (χ2n) is 6.06. The molecule has 3 rings (SSSR count). The van der Waals surface area contributed by atoms with E-state index in [2.05, 4.69) is 45.6 Å². The summed E-state index contributed by atoms with van der Waals surface area (Å²) in [6.45, 7) is 8.60. The summed E-state index contributed by atoms with van der Waals surface area (Å²) >= 11 is 3.71. The summed E-state index contributed by atoms with van der Waals surface area (Å²) in [6, 6.07) is 6.83. The quantitative estimate of drug-likeness (QED) is 0.737. The highest BCUT2D eigenvalue weighted by molar-refractivity contribution is 9.10. The minimum Gasteiger partial charge on any atom is -0.450 e. The molecule has 0 radical (unpaired) electrons. The molecule has 2 atom stereocenters. The second-order valence-corrected chi connectivity index (χ2v) is 6.91. The minimum absolute atomic E-state index is 0.188. The zero-order valence-corrected chi connectivity index (χ0v) is 15.1. The summed E-state index contributed by atoms with van der Waals surface area (Å²) in [4.78, 5) is 16.4. The Morgan fingerprint density at radius 2 is 2.35 bits per heavy atom. The van der Waals surface area contributed by atoms with Gasteiger partial charge in [-0.15, -0.1) is 6.58 Å². The lowest BCUT2D eigenvalue weighted by Crippen LogP contribution is -2.48. The molecule has 2 aliphatic rings.